The highest BCUT2D eigenvalue weighted by Crippen LogP contribution is 2.35. The first-order valence-electron chi connectivity index (χ1n) is 9.91. The number of anilines is 1. The lowest BCUT2D eigenvalue weighted by molar-refractivity contribution is -0.127. The van der Waals surface area contributed by atoms with Crippen LogP contribution < -0.4 is 19.1 Å². The van der Waals surface area contributed by atoms with Crippen LogP contribution >= 0.6 is 0 Å². The number of benzene rings is 2. The first-order valence-corrected chi connectivity index (χ1v) is 11.8. The molecule has 0 saturated heterocycles. The summed E-state index contributed by atoms with van der Waals surface area (Å²) in [4.78, 5) is 12.6. The van der Waals surface area contributed by atoms with Crippen LogP contribution in [0.4, 0.5) is 5.69 Å². The number of nitrogens with zero attached hydrogens (tertiary/aromatic N) is 1. The predicted octanol–water partition coefficient (Wildman–Crippen LogP) is 2.84. The Hall–Kier alpha value is -2.74. The van der Waals surface area contributed by atoms with Gasteiger partial charge in [-0.25, -0.2) is 8.42 Å². The summed E-state index contributed by atoms with van der Waals surface area (Å²) in [6, 6.07) is 13.1. The number of nitrogens with one attached hydrogen (secondary N) is 1. The number of carbonyl (C=O) groups is 1. The van der Waals surface area contributed by atoms with E-state index in [1.54, 1.807) is 12.1 Å². The van der Waals surface area contributed by atoms with Crippen molar-refractivity contribution in [3.8, 4) is 11.5 Å². The van der Waals surface area contributed by atoms with Crippen LogP contribution in [0.2, 0.25) is 0 Å². The van der Waals surface area contributed by atoms with Crippen molar-refractivity contribution in [3.05, 3.63) is 53.6 Å². The Bertz CT molecular complexity index is 1020. The number of fused-ring (bicyclic) bond motifs is 1. The number of carbonyl (C=O) groups excluding carboxylic acids is 1. The number of amides is 1. The summed E-state index contributed by atoms with van der Waals surface area (Å²) in [5.41, 5.74) is 2.47. The molecule has 0 aromatic heterocycles. The number of hydrogen-bond donors (Lipinski definition) is 1. The van der Waals surface area contributed by atoms with Crippen LogP contribution in [0.1, 0.15) is 30.9 Å². The van der Waals surface area contributed by atoms with Gasteiger partial charge < -0.3 is 14.8 Å². The standard InChI is InChI=1S/C22H28N2O5S/c1-15(2)17-7-5-6-8-19(17)28-12-11-23-22(25)21-14-24(30(4,26)27)18-10-9-16(3)13-20(18)29-21/h5-10,13,15,21H,11-12,14H2,1-4H3,(H,23,25)/t21-/m1/s1. The highest BCUT2D eigenvalue weighted by Gasteiger charge is 2.34. The highest BCUT2D eigenvalue weighted by molar-refractivity contribution is 7.92. The summed E-state index contributed by atoms with van der Waals surface area (Å²) >= 11 is 0. The van der Waals surface area contributed by atoms with Crippen LogP contribution in [-0.4, -0.2) is 46.4 Å². The van der Waals surface area contributed by atoms with Crippen molar-refractivity contribution in [3.63, 3.8) is 0 Å². The fourth-order valence-electron chi connectivity index (χ4n) is 3.35. The van der Waals surface area contributed by atoms with Gasteiger partial charge in [0.2, 0.25) is 10.0 Å². The summed E-state index contributed by atoms with van der Waals surface area (Å²) in [6.07, 6.45) is 0.189. The van der Waals surface area contributed by atoms with Gasteiger partial charge in [0.1, 0.15) is 18.1 Å². The van der Waals surface area contributed by atoms with E-state index < -0.39 is 16.1 Å². The molecule has 8 heteroatoms. The molecule has 0 spiro atoms. The van der Waals surface area contributed by atoms with Crippen LogP contribution in [0, 0.1) is 6.92 Å². The number of para-hydroxylation sites is 1. The Balaban J connectivity index is 1.62. The summed E-state index contributed by atoms with van der Waals surface area (Å²) in [5, 5.41) is 2.78. The SMILES string of the molecule is Cc1ccc2c(c1)O[C@@H](C(=O)NCCOc1ccccc1C(C)C)CN2S(C)(=O)=O. The largest absolute Gasteiger partial charge is 0.491 e. The minimum absolute atomic E-state index is 0.0717. The lowest BCUT2D eigenvalue weighted by atomic mass is 10.0. The molecular weight excluding hydrogens is 404 g/mol. The van der Waals surface area contributed by atoms with Crippen molar-refractivity contribution >= 4 is 21.6 Å². The van der Waals surface area contributed by atoms with Crippen LogP contribution in [0.5, 0.6) is 11.5 Å². The molecular formula is C22H28N2O5S. The van der Waals surface area contributed by atoms with E-state index in [1.807, 2.05) is 37.3 Å². The molecule has 2 aromatic carbocycles. The molecule has 0 fully saturated rings. The first kappa shape index (κ1) is 22.0. The van der Waals surface area contributed by atoms with Crippen molar-refractivity contribution in [2.45, 2.75) is 32.8 Å². The molecule has 7 nitrogen and oxygen atoms in total. The Morgan fingerprint density at radius 2 is 2.00 bits per heavy atom. The zero-order chi connectivity index (χ0) is 21.9. The van der Waals surface area contributed by atoms with Gasteiger partial charge in [-0.1, -0.05) is 38.1 Å². The smallest absolute Gasteiger partial charge is 0.263 e. The minimum Gasteiger partial charge on any atom is -0.491 e. The van der Waals surface area contributed by atoms with Crippen molar-refractivity contribution in [1.29, 1.82) is 0 Å². The van der Waals surface area contributed by atoms with E-state index >= 15 is 0 Å². The lowest BCUT2D eigenvalue weighted by Gasteiger charge is -2.34. The summed E-state index contributed by atoms with van der Waals surface area (Å²) in [5.74, 6) is 1.13. The second-order valence-electron chi connectivity index (χ2n) is 7.70. The van der Waals surface area contributed by atoms with E-state index in [9.17, 15) is 13.2 Å². The maximum atomic E-state index is 12.6. The topological polar surface area (TPSA) is 84.9 Å². The fourth-order valence-corrected chi connectivity index (χ4v) is 4.26. The number of sulfonamides is 1. The highest BCUT2D eigenvalue weighted by atomic mass is 32.2. The molecule has 2 aromatic rings. The monoisotopic (exact) mass is 432 g/mol. The molecule has 1 N–H and O–H groups in total. The lowest BCUT2D eigenvalue weighted by Crippen LogP contribution is -2.51. The molecule has 0 bridgehead atoms. The van der Waals surface area contributed by atoms with Gasteiger partial charge in [0.05, 0.1) is 25.0 Å². The summed E-state index contributed by atoms with van der Waals surface area (Å²) in [6.45, 7) is 6.58. The molecule has 1 amide bonds. The second kappa shape index (κ2) is 8.95. The molecule has 162 valence electrons. The summed E-state index contributed by atoms with van der Waals surface area (Å²) in [7, 11) is -3.54. The molecule has 0 saturated carbocycles. The molecule has 1 atom stereocenters. The van der Waals surface area contributed by atoms with Crippen molar-refractivity contribution in [1.82, 2.24) is 5.32 Å². The van der Waals surface area contributed by atoms with Gasteiger partial charge in [0.15, 0.2) is 6.10 Å². The van der Waals surface area contributed by atoms with Gasteiger partial charge in [0, 0.05) is 0 Å². The number of hydrogen-bond acceptors (Lipinski definition) is 5. The second-order valence-corrected chi connectivity index (χ2v) is 9.61. The molecule has 1 aliphatic heterocycles. The Labute approximate surface area is 178 Å². The minimum atomic E-state index is -3.54. The van der Waals surface area contributed by atoms with Crippen molar-refractivity contribution in [2.75, 3.05) is 30.3 Å². The average molecular weight is 433 g/mol. The van der Waals surface area contributed by atoms with Gasteiger partial charge in [0.25, 0.3) is 5.91 Å². The predicted molar refractivity (Wildman–Crippen MR) is 117 cm³/mol. The van der Waals surface area contributed by atoms with E-state index in [0.717, 1.165) is 23.1 Å². The zero-order valence-corrected chi connectivity index (χ0v) is 18.5. The number of rotatable bonds is 7. The maximum absolute atomic E-state index is 12.6. The van der Waals surface area contributed by atoms with Crippen LogP contribution in [-0.2, 0) is 14.8 Å². The Morgan fingerprint density at radius 3 is 2.70 bits per heavy atom. The molecule has 1 heterocycles. The average Bonchev–Trinajstić information content (AvgIpc) is 2.69. The maximum Gasteiger partial charge on any atom is 0.263 e. The normalized spacial score (nSPS) is 16.0. The van der Waals surface area contributed by atoms with E-state index in [0.29, 0.717) is 24.0 Å². The molecule has 0 unspecified atom stereocenters. The van der Waals surface area contributed by atoms with E-state index in [2.05, 4.69) is 19.2 Å². The Morgan fingerprint density at radius 1 is 1.27 bits per heavy atom. The van der Waals surface area contributed by atoms with Gasteiger partial charge in [-0.05, 0) is 42.2 Å². The number of aryl methyl sites for hydroxylation is 1. The van der Waals surface area contributed by atoms with Crippen LogP contribution in [0.3, 0.4) is 0 Å². The quantitative estimate of drug-likeness (QED) is 0.680. The molecule has 0 aliphatic carbocycles. The molecule has 1 aliphatic rings. The molecule has 30 heavy (non-hydrogen) atoms. The van der Waals surface area contributed by atoms with Gasteiger partial charge in [-0.2, -0.15) is 0 Å². The van der Waals surface area contributed by atoms with Gasteiger partial charge >= 0.3 is 0 Å². The Kier molecular flexibility index (Phi) is 6.55. The van der Waals surface area contributed by atoms with Gasteiger partial charge in [-0.3, -0.25) is 9.10 Å². The van der Waals surface area contributed by atoms with E-state index in [4.69, 9.17) is 9.47 Å². The van der Waals surface area contributed by atoms with Crippen LogP contribution in [0.25, 0.3) is 0 Å². The third kappa shape index (κ3) is 5.05. The van der Waals surface area contributed by atoms with Crippen LogP contribution in [0.15, 0.2) is 42.5 Å². The number of ether oxygens (including phenoxy) is 2. The fraction of sp³-hybridized carbons (Fsp3) is 0.409. The zero-order valence-electron chi connectivity index (χ0n) is 17.7. The molecule has 0 radical (unpaired) electrons. The van der Waals surface area contributed by atoms with E-state index in [-0.39, 0.29) is 19.0 Å². The first-order chi connectivity index (χ1) is 14.2. The third-order valence-corrected chi connectivity index (χ3v) is 6.02. The van der Waals surface area contributed by atoms with Gasteiger partial charge in [-0.15, -0.1) is 0 Å². The third-order valence-electron chi connectivity index (χ3n) is 4.88. The van der Waals surface area contributed by atoms with Crippen molar-refractivity contribution in [2.24, 2.45) is 0 Å². The van der Waals surface area contributed by atoms with E-state index in [1.165, 1.54) is 4.31 Å². The summed E-state index contributed by atoms with van der Waals surface area (Å²) < 4.78 is 37.3. The molecule has 3 rings (SSSR count). The van der Waals surface area contributed by atoms with Crippen molar-refractivity contribution < 1.29 is 22.7 Å².